The molecule has 1 aliphatic carbocycles. The number of hydrogen-bond acceptors (Lipinski definition) is 4. The molecule has 1 aliphatic heterocycles. The van der Waals surface area contributed by atoms with Crippen molar-refractivity contribution in [1.29, 1.82) is 0 Å². The van der Waals surface area contributed by atoms with Crippen LogP contribution in [-0.4, -0.2) is 24.5 Å². The van der Waals surface area contributed by atoms with E-state index in [0.29, 0.717) is 16.8 Å². The molecule has 144 valence electrons. The topological polar surface area (TPSA) is 70.7 Å². The van der Waals surface area contributed by atoms with Gasteiger partial charge in [-0.1, -0.05) is 12.1 Å². The van der Waals surface area contributed by atoms with Gasteiger partial charge in [0.05, 0.1) is 12.0 Å². The number of nitrogens with one attached hydrogen (secondary N) is 1. The molecule has 0 radical (unpaired) electrons. The zero-order valence-corrected chi connectivity index (χ0v) is 15.3. The third-order valence-electron chi connectivity index (χ3n) is 4.85. The van der Waals surface area contributed by atoms with E-state index < -0.39 is 17.8 Å². The summed E-state index contributed by atoms with van der Waals surface area (Å²) < 4.78 is 26.5. The van der Waals surface area contributed by atoms with Crippen LogP contribution in [0, 0.1) is 18.6 Å². The van der Waals surface area contributed by atoms with Gasteiger partial charge in [0.1, 0.15) is 6.17 Å². The maximum absolute atomic E-state index is 13.4. The van der Waals surface area contributed by atoms with E-state index in [0.717, 1.165) is 36.2 Å². The van der Waals surface area contributed by atoms with Crippen molar-refractivity contribution >= 4 is 24.0 Å². The lowest BCUT2D eigenvalue weighted by Crippen LogP contribution is -2.38. The van der Waals surface area contributed by atoms with Gasteiger partial charge in [0.25, 0.3) is 5.91 Å². The second-order valence-electron chi connectivity index (χ2n) is 7.09. The molecule has 2 aromatic carbocycles. The third kappa shape index (κ3) is 3.66. The Bertz CT molecular complexity index is 998. The zero-order valence-electron chi connectivity index (χ0n) is 15.3. The highest BCUT2D eigenvalue weighted by Crippen LogP contribution is 2.28. The van der Waals surface area contributed by atoms with Gasteiger partial charge in [0.2, 0.25) is 0 Å². The molecule has 1 heterocycles. The molecule has 0 aromatic heterocycles. The fraction of sp³-hybridized carbons (Fsp3) is 0.238. The molecule has 0 saturated heterocycles. The summed E-state index contributed by atoms with van der Waals surface area (Å²) in [7, 11) is 0. The van der Waals surface area contributed by atoms with Gasteiger partial charge in [-0.2, -0.15) is 0 Å². The van der Waals surface area contributed by atoms with Crippen molar-refractivity contribution in [1.82, 2.24) is 5.32 Å². The van der Waals surface area contributed by atoms with Crippen LogP contribution in [0.1, 0.15) is 34.3 Å². The van der Waals surface area contributed by atoms with Gasteiger partial charge in [-0.05, 0) is 61.2 Å². The molecule has 1 amide bonds. The number of hydrogen-bond donors (Lipinski definition) is 2. The third-order valence-corrected chi connectivity index (χ3v) is 4.85. The van der Waals surface area contributed by atoms with Gasteiger partial charge in [0, 0.05) is 17.3 Å². The number of benzene rings is 2. The number of aliphatic imine (C=N–C) groups is 1. The quantitative estimate of drug-likeness (QED) is 0.852. The number of halogens is 2. The Morgan fingerprint density at radius 3 is 2.71 bits per heavy atom. The Kier molecular flexibility index (Phi) is 4.68. The lowest BCUT2D eigenvalue weighted by molar-refractivity contribution is 0.0951. The number of rotatable bonds is 4. The largest absolute Gasteiger partial charge is 0.349 e. The van der Waals surface area contributed by atoms with Crippen LogP contribution >= 0.6 is 0 Å². The predicted molar refractivity (Wildman–Crippen MR) is 105 cm³/mol. The predicted octanol–water partition coefficient (Wildman–Crippen LogP) is 3.34. The lowest BCUT2D eigenvalue weighted by Gasteiger charge is -2.23. The maximum Gasteiger partial charge on any atom is 0.251 e. The van der Waals surface area contributed by atoms with Crippen LogP contribution in [0.2, 0.25) is 0 Å². The number of anilines is 1. The van der Waals surface area contributed by atoms with E-state index in [2.05, 4.69) is 10.3 Å². The van der Waals surface area contributed by atoms with Crippen molar-refractivity contribution in [2.75, 3.05) is 4.90 Å². The minimum absolute atomic E-state index is 0.106. The van der Waals surface area contributed by atoms with Gasteiger partial charge < -0.3 is 16.0 Å². The van der Waals surface area contributed by atoms with Crippen LogP contribution in [0.5, 0.6) is 0 Å². The van der Waals surface area contributed by atoms with Crippen molar-refractivity contribution in [3.05, 3.63) is 70.4 Å². The van der Waals surface area contributed by atoms with Crippen LogP contribution in [0.4, 0.5) is 14.5 Å². The first kappa shape index (κ1) is 18.3. The van der Waals surface area contributed by atoms with Crippen molar-refractivity contribution < 1.29 is 13.6 Å². The summed E-state index contributed by atoms with van der Waals surface area (Å²) in [5.41, 5.74) is 9.58. The van der Waals surface area contributed by atoms with Crippen molar-refractivity contribution in [2.45, 2.75) is 32.0 Å². The summed E-state index contributed by atoms with van der Waals surface area (Å²) >= 11 is 0. The summed E-state index contributed by atoms with van der Waals surface area (Å²) in [6.07, 6.45) is 4.64. The van der Waals surface area contributed by atoms with E-state index in [1.165, 1.54) is 6.07 Å². The lowest BCUT2D eigenvalue weighted by atomic mass is 10.1. The van der Waals surface area contributed by atoms with E-state index in [4.69, 9.17) is 5.73 Å². The molecular formula is C21H20F2N4O. The Balaban J connectivity index is 1.58. The van der Waals surface area contributed by atoms with Gasteiger partial charge in [-0.3, -0.25) is 4.79 Å². The summed E-state index contributed by atoms with van der Waals surface area (Å²) in [6.45, 7) is 1.93. The molecule has 1 saturated carbocycles. The molecule has 2 aliphatic rings. The normalized spacial score (nSPS) is 20.1. The number of nitrogens with zero attached hydrogens (tertiary/aromatic N) is 2. The van der Waals surface area contributed by atoms with Crippen LogP contribution in [0.25, 0.3) is 6.08 Å². The number of nitrogens with two attached hydrogens (primary N) is 1. The van der Waals surface area contributed by atoms with Crippen LogP contribution in [0.3, 0.4) is 0 Å². The molecule has 28 heavy (non-hydrogen) atoms. The highest BCUT2D eigenvalue weighted by molar-refractivity contribution is 5.97. The van der Waals surface area contributed by atoms with E-state index in [1.54, 1.807) is 29.4 Å². The molecule has 1 atom stereocenters. The number of carbonyl (C=O) groups is 1. The number of amides is 1. The minimum Gasteiger partial charge on any atom is -0.349 e. The van der Waals surface area contributed by atoms with Crippen LogP contribution in [-0.2, 0) is 0 Å². The monoisotopic (exact) mass is 382 g/mol. The summed E-state index contributed by atoms with van der Waals surface area (Å²) in [5, 5.41) is 2.97. The summed E-state index contributed by atoms with van der Waals surface area (Å²) in [6, 6.07) is 9.35. The van der Waals surface area contributed by atoms with Gasteiger partial charge >= 0.3 is 0 Å². The molecular weight excluding hydrogens is 362 g/mol. The molecule has 1 unspecified atom stereocenters. The van der Waals surface area contributed by atoms with Crippen molar-refractivity contribution in [3.63, 3.8) is 0 Å². The first-order valence-electron chi connectivity index (χ1n) is 9.08. The second-order valence-corrected chi connectivity index (χ2v) is 7.09. The van der Waals surface area contributed by atoms with E-state index in [1.807, 2.05) is 13.0 Å². The number of carbonyl (C=O) groups excluding carboxylic acids is 1. The highest BCUT2D eigenvalue weighted by Gasteiger charge is 2.27. The maximum atomic E-state index is 13.4. The molecule has 4 rings (SSSR count). The standard InChI is InChI=1S/C21H20F2N4O/c1-12-2-4-14(21(28)26-15-5-6-15)10-19(12)27-11-25-18(20(27)24)9-13-3-7-16(22)17(23)8-13/h2-4,7-11,15,20H,5-6,24H2,1H3,(H,26,28). The molecule has 1 fully saturated rings. The Hall–Kier alpha value is -3.06. The second kappa shape index (κ2) is 7.16. The van der Waals surface area contributed by atoms with E-state index in [9.17, 15) is 13.6 Å². The summed E-state index contributed by atoms with van der Waals surface area (Å²) in [4.78, 5) is 18.4. The molecule has 7 heteroatoms. The Labute approximate surface area is 161 Å². The molecule has 5 nitrogen and oxygen atoms in total. The van der Waals surface area contributed by atoms with Crippen molar-refractivity contribution in [3.8, 4) is 0 Å². The van der Waals surface area contributed by atoms with Crippen LogP contribution < -0.4 is 16.0 Å². The summed E-state index contributed by atoms with van der Waals surface area (Å²) in [5.74, 6) is -1.93. The first-order valence-corrected chi connectivity index (χ1v) is 9.08. The first-order chi connectivity index (χ1) is 13.4. The Morgan fingerprint density at radius 1 is 1.21 bits per heavy atom. The van der Waals surface area contributed by atoms with E-state index >= 15 is 0 Å². The highest BCUT2D eigenvalue weighted by atomic mass is 19.2. The molecule has 3 N–H and O–H groups in total. The zero-order chi connectivity index (χ0) is 19.8. The SMILES string of the molecule is Cc1ccc(C(=O)NC2CC2)cc1N1C=NC(=Cc2ccc(F)c(F)c2)C1N. The molecule has 0 bridgehead atoms. The van der Waals surface area contributed by atoms with Gasteiger partial charge in [0.15, 0.2) is 11.6 Å². The molecule has 2 aromatic rings. The fourth-order valence-corrected chi connectivity index (χ4v) is 3.05. The Morgan fingerprint density at radius 2 is 2.00 bits per heavy atom. The minimum atomic E-state index is -0.924. The average Bonchev–Trinajstić information content (AvgIpc) is 3.41. The van der Waals surface area contributed by atoms with Gasteiger partial charge in [-0.25, -0.2) is 13.8 Å². The smallest absolute Gasteiger partial charge is 0.251 e. The van der Waals surface area contributed by atoms with Crippen LogP contribution in [0.15, 0.2) is 47.1 Å². The average molecular weight is 382 g/mol. The van der Waals surface area contributed by atoms with Gasteiger partial charge in [-0.15, -0.1) is 0 Å². The fourth-order valence-electron chi connectivity index (χ4n) is 3.05. The van der Waals surface area contributed by atoms with Crippen molar-refractivity contribution in [2.24, 2.45) is 10.7 Å². The van der Waals surface area contributed by atoms with E-state index in [-0.39, 0.29) is 11.9 Å². The number of aryl methyl sites for hydroxylation is 1. The molecule has 0 spiro atoms.